The lowest BCUT2D eigenvalue weighted by Gasteiger charge is -2.05. The van der Waals surface area contributed by atoms with E-state index < -0.39 is 0 Å². The minimum atomic E-state index is -0.331. The van der Waals surface area contributed by atoms with Gasteiger partial charge in [-0.2, -0.15) is 0 Å². The Balaban J connectivity index is 2.25. The number of carbonyl (C=O) groups is 1. The molecule has 0 unspecified atom stereocenters. The van der Waals surface area contributed by atoms with E-state index >= 15 is 0 Å². The number of hydrogen-bond acceptors (Lipinski definition) is 2. The topological polar surface area (TPSA) is 49.9 Å². The van der Waals surface area contributed by atoms with Crippen LogP contribution in [-0.2, 0) is 0 Å². The highest BCUT2D eigenvalue weighted by Crippen LogP contribution is 2.10. The molecule has 0 spiro atoms. The highest BCUT2D eigenvalue weighted by molar-refractivity contribution is 6.09. The summed E-state index contributed by atoms with van der Waals surface area (Å²) in [6.45, 7) is 5.30. The van der Waals surface area contributed by atoms with Crippen molar-refractivity contribution in [2.75, 3.05) is 0 Å². The third kappa shape index (κ3) is 3.70. The van der Waals surface area contributed by atoms with Crippen LogP contribution in [0.2, 0.25) is 0 Å². The molecule has 0 bridgehead atoms. The number of carbonyl (C=O) groups excluding carboxylic acids is 1. The molecule has 0 aliphatic carbocycles. The van der Waals surface area contributed by atoms with Crippen LogP contribution in [0.15, 0.2) is 58.9 Å². The van der Waals surface area contributed by atoms with E-state index in [0.717, 1.165) is 11.3 Å². The first-order valence-corrected chi connectivity index (χ1v) is 7.14. The molecule has 2 rings (SSSR count). The van der Waals surface area contributed by atoms with E-state index in [9.17, 15) is 9.59 Å². The van der Waals surface area contributed by atoms with Crippen LogP contribution in [0.5, 0.6) is 0 Å². The fourth-order valence-corrected chi connectivity index (χ4v) is 2.28. The molecule has 0 atom stereocenters. The van der Waals surface area contributed by atoms with Crippen molar-refractivity contribution in [3.05, 3.63) is 86.9 Å². The highest BCUT2D eigenvalue weighted by atomic mass is 16.1. The summed E-state index contributed by atoms with van der Waals surface area (Å²) in [6, 6.07) is 11.6. The van der Waals surface area contributed by atoms with Gasteiger partial charge >= 0.3 is 0 Å². The van der Waals surface area contributed by atoms with Crippen molar-refractivity contribution in [2.45, 2.75) is 20.8 Å². The van der Waals surface area contributed by atoms with E-state index in [-0.39, 0.29) is 16.9 Å². The summed E-state index contributed by atoms with van der Waals surface area (Å²) in [4.78, 5) is 27.1. The second-order valence-electron chi connectivity index (χ2n) is 5.29. The lowest BCUT2D eigenvalue weighted by Crippen LogP contribution is -2.21. The summed E-state index contributed by atoms with van der Waals surface area (Å²) in [5.74, 6) is -0.239. The third-order valence-electron chi connectivity index (χ3n) is 3.38. The Labute approximate surface area is 130 Å². The van der Waals surface area contributed by atoms with Gasteiger partial charge in [-0.05, 0) is 43.5 Å². The molecule has 1 aromatic carbocycles. The van der Waals surface area contributed by atoms with Crippen LogP contribution in [0.4, 0.5) is 0 Å². The summed E-state index contributed by atoms with van der Waals surface area (Å²) < 4.78 is 0. The van der Waals surface area contributed by atoms with Gasteiger partial charge < -0.3 is 4.98 Å². The summed E-state index contributed by atoms with van der Waals surface area (Å²) in [5, 5.41) is 0. The van der Waals surface area contributed by atoms with Gasteiger partial charge in [0.05, 0.1) is 5.56 Å². The largest absolute Gasteiger partial charge is 0.326 e. The number of aryl methyl sites for hydroxylation is 2. The van der Waals surface area contributed by atoms with Gasteiger partial charge in [-0.1, -0.05) is 48.6 Å². The van der Waals surface area contributed by atoms with Crippen LogP contribution in [0.3, 0.4) is 0 Å². The van der Waals surface area contributed by atoms with E-state index in [1.165, 1.54) is 0 Å². The second kappa shape index (κ2) is 6.85. The first-order chi connectivity index (χ1) is 10.5. The molecule has 1 N–H and O–H groups in total. The molecule has 2 aromatic rings. The Morgan fingerprint density at radius 1 is 1.14 bits per heavy atom. The van der Waals surface area contributed by atoms with E-state index in [1.54, 1.807) is 26.8 Å². The monoisotopic (exact) mass is 293 g/mol. The zero-order valence-electron chi connectivity index (χ0n) is 13.0. The van der Waals surface area contributed by atoms with Crippen molar-refractivity contribution < 1.29 is 4.79 Å². The number of Topliss-reactive ketones (excluding diaryl/α,β-unsaturated/α-hetero) is 1. The summed E-state index contributed by atoms with van der Waals surface area (Å²) in [7, 11) is 0. The molecular formula is C19H19NO2. The Bertz CT molecular complexity index is 796. The number of ketones is 1. The average Bonchev–Trinajstić information content (AvgIpc) is 2.47. The third-order valence-corrected chi connectivity index (χ3v) is 3.38. The fourth-order valence-electron chi connectivity index (χ4n) is 2.28. The minimum Gasteiger partial charge on any atom is -0.326 e. The van der Waals surface area contributed by atoms with Gasteiger partial charge in [-0.3, -0.25) is 9.59 Å². The van der Waals surface area contributed by atoms with Crippen molar-refractivity contribution in [1.82, 2.24) is 4.98 Å². The van der Waals surface area contributed by atoms with Gasteiger partial charge in [0.1, 0.15) is 0 Å². The maximum Gasteiger partial charge on any atom is 0.259 e. The summed E-state index contributed by atoms with van der Waals surface area (Å²) in [6.07, 6.45) is 5.47. The number of aromatic nitrogens is 1. The zero-order chi connectivity index (χ0) is 16.1. The van der Waals surface area contributed by atoms with Gasteiger partial charge in [-0.25, -0.2) is 0 Å². The van der Waals surface area contributed by atoms with Crippen molar-refractivity contribution in [1.29, 1.82) is 0 Å². The maximum atomic E-state index is 12.4. The quantitative estimate of drug-likeness (QED) is 0.529. The Hall–Kier alpha value is -2.68. The Morgan fingerprint density at radius 3 is 2.45 bits per heavy atom. The van der Waals surface area contributed by atoms with Gasteiger partial charge in [0.25, 0.3) is 5.56 Å². The molecule has 0 aliphatic heterocycles. The smallest absolute Gasteiger partial charge is 0.259 e. The van der Waals surface area contributed by atoms with E-state index in [2.05, 4.69) is 4.98 Å². The number of rotatable bonds is 4. The van der Waals surface area contributed by atoms with Crippen LogP contribution in [-0.4, -0.2) is 10.8 Å². The maximum absolute atomic E-state index is 12.4. The standard InChI is InChI=1S/C19H19NO2/c1-13(8-7-11-16-9-5-4-6-10-16)18(21)17-14(2)12-15(3)20-19(17)22/h4-12H,1-3H3,(H,20,22)/b11-7+,13-8+. The van der Waals surface area contributed by atoms with Crippen molar-refractivity contribution in [3.63, 3.8) is 0 Å². The van der Waals surface area contributed by atoms with Gasteiger partial charge in [-0.15, -0.1) is 0 Å². The van der Waals surface area contributed by atoms with Gasteiger partial charge in [0, 0.05) is 5.69 Å². The molecule has 1 aromatic heterocycles. The number of allylic oxidation sites excluding steroid dienone is 3. The Morgan fingerprint density at radius 2 is 1.82 bits per heavy atom. The number of H-pyrrole nitrogens is 1. The highest BCUT2D eigenvalue weighted by Gasteiger charge is 2.15. The number of hydrogen-bond donors (Lipinski definition) is 1. The van der Waals surface area contributed by atoms with Crippen molar-refractivity contribution >= 4 is 11.9 Å². The van der Waals surface area contributed by atoms with Crippen molar-refractivity contribution in [3.8, 4) is 0 Å². The predicted molar refractivity (Wildman–Crippen MR) is 90.1 cm³/mol. The first-order valence-electron chi connectivity index (χ1n) is 7.14. The Kier molecular flexibility index (Phi) is 4.89. The predicted octanol–water partition coefficient (Wildman–Crippen LogP) is 3.83. The van der Waals surface area contributed by atoms with Crippen LogP contribution < -0.4 is 5.56 Å². The van der Waals surface area contributed by atoms with E-state index in [4.69, 9.17) is 0 Å². The molecule has 3 nitrogen and oxygen atoms in total. The average molecular weight is 293 g/mol. The van der Waals surface area contributed by atoms with Crippen LogP contribution in [0, 0.1) is 13.8 Å². The lowest BCUT2D eigenvalue weighted by atomic mass is 10.0. The minimum absolute atomic E-state index is 0.215. The molecule has 0 saturated carbocycles. The number of nitrogens with one attached hydrogen (secondary N) is 1. The van der Waals surface area contributed by atoms with Crippen molar-refractivity contribution in [2.24, 2.45) is 0 Å². The fraction of sp³-hybridized carbons (Fsp3) is 0.158. The van der Waals surface area contributed by atoms with Crippen LogP contribution in [0.25, 0.3) is 6.08 Å². The van der Waals surface area contributed by atoms with Gasteiger partial charge in [0.2, 0.25) is 0 Å². The number of pyridine rings is 1. The SMILES string of the molecule is C/C(=C\C=C\c1ccccc1)C(=O)c1c(C)cc(C)[nH]c1=O. The molecule has 112 valence electrons. The van der Waals surface area contributed by atoms with E-state index in [0.29, 0.717) is 11.1 Å². The first kappa shape index (κ1) is 15.7. The van der Waals surface area contributed by atoms with Crippen LogP contribution in [0.1, 0.15) is 34.1 Å². The molecule has 22 heavy (non-hydrogen) atoms. The van der Waals surface area contributed by atoms with E-state index in [1.807, 2.05) is 48.6 Å². The summed E-state index contributed by atoms with van der Waals surface area (Å²) in [5.41, 5.74) is 2.93. The number of benzene rings is 1. The normalized spacial score (nSPS) is 11.9. The molecule has 0 fully saturated rings. The molecular weight excluding hydrogens is 274 g/mol. The van der Waals surface area contributed by atoms with Crippen LogP contribution >= 0.6 is 0 Å². The second-order valence-corrected chi connectivity index (χ2v) is 5.29. The molecule has 0 saturated heterocycles. The molecule has 0 aliphatic rings. The zero-order valence-corrected chi connectivity index (χ0v) is 13.0. The molecule has 1 heterocycles. The molecule has 0 radical (unpaired) electrons. The lowest BCUT2D eigenvalue weighted by molar-refractivity contribution is 0.103. The molecule has 3 heteroatoms. The van der Waals surface area contributed by atoms with Gasteiger partial charge in [0.15, 0.2) is 5.78 Å². The number of aromatic amines is 1. The summed E-state index contributed by atoms with van der Waals surface area (Å²) >= 11 is 0. The molecule has 0 amide bonds.